The Morgan fingerprint density at radius 3 is 2.54 bits per heavy atom. The van der Waals surface area contributed by atoms with E-state index < -0.39 is 0 Å². The van der Waals surface area contributed by atoms with Crippen molar-refractivity contribution in [3.05, 3.63) is 70.5 Å². The minimum absolute atomic E-state index is 0.225. The predicted molar refractivity (Wildman–Crippen MR) is 96.8 cm³/mol. The molecule has 0 aromatic heterocycles. The van der Waals surface area contributed by atoms with Crippen molar-refractivity contribution >= 4 is 6.21 Å². The molecule has 2 aromatic rings. The number of halogens is 1. The summed E-state index contributed by atoms with van der Waals surface area (Å²) in [5, 5.41) is 6.54. The summed E-state index contributed by atoms with van der Waals surface area (Å²) >= 11 is 0. The molecule has 4 heteroatoms. The third-order valence-corrected chi connectivity index (χ3v) is 4.46. The first-order valence-electron chi connectivity index (χ1n) is 8.43. The van der Waals surface area contributed by atoms with Crippen LogP contribution in [0.15, 0.2) is 47.6 Å². The summed E-state index contributed by atoms with van der Waals surface area (Å²) in [7, 11) is 0. The molecule has 0 atom stereocenters. The molecule has 126 valence electrons. The zero-order valence-electron chi connectivity index (χ0n) is 14.4. The summed E-state index contributed by atoms with van der Waals surface area (Å²) in [6.45, 7) is 9.09. The van der Waals surface area contributed by atoms with Gasteiger partial charge in [-0.1, -0.05) is 35.9 Å². The lowest BCUT2D eigenvalue weighted by atomic mass is 10.1. The first-order valence-corrected chi connectivity index (χ1v) is 8.43. The molecule has 24 heavy (non-hydrogen) atoms. The molecule has 0 radical (unpaired) electrons. The minimum Gasteiger partial charge on any atom is -0.295 e. The average Bonchev–Trinajstić information content (AvgIpc) is 2.57. The van der Waals surface area contributed by atoms with E-state index >= 15 is 0 Å². The first-order chi connectivity index (χ1) is 11.6. The van der Waals surface area contributed by atoms with Crippen molar-refractivity contribution in [2.45, 2.75) is 20.4 Å². The molecule has 3 nitrogen and oxygen atoms in total. The molecular formula is C20H24FN3. The number of rotatable bonds is 4. The summed E-state index contributed by atoms with van der Waals surface area (Å²) in [5.74, 6) is -0.225. The molecular weight excluding hydrogens is 301 g/mol. The van der Waals surface area contributed by atoms with Gasteiger partial charge in [0.05, 0.1) is 6.21 Å². The molecule has 1 saturated heterocycles. The summed E-state index contributed by atoms with van der Waals surface area (Å²) in [6.07, 6.45) is 1.74. The highest BCUT2D eigenvalue weighted by Crippen LogP contribution is 2.14. The van der Waals surface area contributed by atoms with E-state index in [-0.39, 0.29) is 5.82 Å². The topological polar surface area (TPSA) is 18.8 Å². The van der Waals surface area contributed by atoms with E-state index in [1.807, 2.05) is 6.07 Å². The zero-order chi connectivity index (χ0) is 16.9. The highest BCUT2D eigenvalue weighted by molar-refractivity contribution is 5.79. The molecule has 3 rings (SSSR count). The zero-order valence-corrected chi connectivity index (χ0v) is 14.4. The smallest absolute Gasteiger partial charge is 0.123 e. The Bertz CT molecular complexity index is 719. The van der Waals surface area contributed by atoms with Gasteiger partial charge in [0, 0.05) is 32.7 Å². The van der Waals surface area contributed by atoms with E-state index in [4.69, 9.17) is 0 Å². The maximum atomic E-state index is 13.2. The number of benzene rings is 2. The average molecular weight is 325 g/mol. The molecule has 1 fully saturated rings. The molecule has 1 heterocycles. The summed E-state index contributed by atoms with van der Waals surface area (Å²) < 4.78 is 13.2. The minimum atomic E-state index is -0.225. The molecule has 0 unspecified atom stereocenters. The van der Waals surface area contributed by atoms with Crippen LogP contribution < -0.4 is 0 Å². The van der Waals surface area contributed by atoms with Crippen molar-refractivity contribution < 1.29 is 4.39 Å². The molecule has 0 N–H and O–H groups in total. The fraction of sp³-hybridized carbons (Fsp3) is 0.350. The summed E-state index contributed by atoms with van der Waals surface area (Å²) in [4.78, 5) is 2.46. The summed E-state index contributed by atoms with van der Waals surface area (Å²) in [5.41, 5.74) is 4.87. The van der Waals surface area contributed by atoms with Crippen LogP contribution in [0.25, 0.3) is 0 Å². The second-order valence-corrected chi connectivity index (χ2v) is 6.46. The van der Waals surface area contributed by atoms with Crippen LogP contribution >= 0.6 is 0 Å². The summed E-state index contributed by atoms with van der Waals surface area (Å²) in [6, 6.07) is 13.2. The van der Waals surface area contributed by atoms with Crippen LogP contribution in [0.5, 0.6) is 0 Å². The number of hydrogen-bond donors (Lipinski definition) is 0. The van der Waals surface area contributed by atoms with E-state index in [9.17, 15) is 4.39 Å². The third kappa shape index (κ3) is 4.42. The van der Waals surface area contributed by atoms with Gasteiger partial charge in [-0.15, -0.1) is 0 Å². The van der Waals surface area contributed by atoms with Crippen LogP contribution in [0.4, 0.5) is 4.39 Å². The Labute approximate surface area is 143 Å². The van der Waals surface area contributed by atoms with Gasteiger partial charge in [-0.2, -0.15) is 5.10 Å². The molecule has 0 spiro atoms. The number of hydrogen-bond acceptors (Lipinski definition) is 3. The number of piperazine rings is 1. The normalized spacial score (nSPS) is 16.0. The Hall–Kier alpha value is -2.20. The second kappa shape index (κ2) is 7.58. The quantitative estimate of drug-likeness (QED) is 0.800. The maximum absolute atomic E-state index is 13.2. The van der Waals surface area contributed by atoms with E-state index in [1.54, 1.807) is 12.3 Å². The van der Waals surface area contributed by atoms with Crippen molar-refractivity contribution in [1.29, 1.82) is 0 Å². The fourth-order valence-electron chi connectivity index (χ4n) is 3.01. The monoisotopic (exact) mass is 325 g/mol. The molecule has 0 saturated carbocycles. The molecule has 1 aliphatic heterocycles. The van der Waals surface area contributed by atoms with Crippen LogP contribution in [0.2, 0.25) is 0 Å². The highest BCUT2D eigenvalue weighted by atomic mass is 19.1. The van der Waals surface area contributed by atoms with Gasteiger partial charge in [-0.3, -0.25) is 9.91 Å². The lowest BCUT2D eigenvalue weighted by molar-refractivity contribution is 0.131. The molecule has 1 aliphatic rings. The molecule has 2 aromatic carbocycles. The second-order valence-electron chi connectivity index (χ2n) is 6.46. The van der Waals surface area contributed by atoms with Crippen LogP contribution in [0, 0.1) is 19.7 Å². The largest absolute Gasteiger partial charge is 0.295 e. The van der Waals surface area contributed by atoms with E-state index in [0.717, 1.165) is 38.3 Å². The van der Waals surface area contributed by atoms with Gasteiger partial charge in [0.2, 0.25) is 0 Å². The lowest BCUT2D eigenvalue weighted by Gasteiger charge is -2.33. The van der Waals surface area contributed by atoms with E-state index in [1.165, 1.54) is 28.8 Å². The van der Waals surface area contributed by atoms with E-state index in [0.29, 0.717) is 0 Å². The number of hydrazone groups is 1. The molecule has 0 bridgehead atoms. The van der Waals surface area contributed by atoms with Gasteiger partial charge in [-0.25, -0.2) is 4.39 Å². The van der Waals surface area contributed by atoms with Gasteiger partial charge < -0.3 is 0 Å². The van der Waals surface area contributed by atoms with Crippen molar-refractivity contribution in [1.82, 2.24) is 9.91 Å². The van der Waals surface area contributed by atoms with Crippen LogP contribution in [0.1, 0.15) is 22.3 Å². The first kappa shape index (κ1) is 16.7. The third-order valence-electron chi connectivity index (χ3n) is 4.46. The lowest BCUT2D eigenvalue weighted by Crippen LogP contribution is -2.43. The van der Waals surface area contributed by atoms with Crippen molar-refractivity contribution in [2.24, 2.45) is 5.10 Å². The standard InChI is InChI=1S/C20H24FN3/c1-16-6-7-19(17(2)12-16)15-23-8-10-24(11-9-23)22-14-18-4-3-5-20(21)13-18/h3-7,12-14H,8-11,15H2,1-2H3. The van der Waals surface area contributed by atoms with Gasteiger partial charge >= 0.3 is 0 Å². The van der Waals surface area contributed by atoms with Crippen LogP contribution in [-0.4, -0.2) is 42.3 Å². The van der Waals surface area contributed by atoms with Gasteiger partial charge in [0.25, 0.3) is 0 Å². The Kier molecular flexibility index (Phi) is 5.26. The molecule has 0 amide bonds. The fourth-order valence-corrected chi connectivity index (χ4v) is 3.01. The van der Waals surface area contributed by atoms with Crippen molar-refractivity contribution in [3.63, 3.8) is 0 Å². The van der Waals surface area contributed by atoms with Gasteiger partial charge in [-0.05, 0) is 42.7 Å². The van der Waals surface area contributed by atoms with E-state index in [2.05, 4.69) is 47.1 Å². The molecule has 0 aliphatic carbocycles. The van der Waals surface area contributed by atoms with Crippen LogP contribution in [-0.2, 0) is 6.54 Å². The van der Waals surface area contributed by atoms with Crippen molar-refractivity contribution in [3.8, 4) is 0 Å². The Morgan fingerprint density at radius 1 is 1.04 bits per heavy atom. The Balaban J connectivity index is 1.52. The van der Waals surface area contributed by atoms with Gasteiger partial charge in [0.15, 0.2) is 0 Å². The van der Waals surface area contributed by atoms with Gasteiger partial charge in [0.1, 0.15) is 5.82 Å². The number of aryl methyl sites for hydroxylation is 2. The van der Waals surface area contributed by atoms with Crippen LogP contribution in [0.3, 0.4) is 0 Å². The number of nitrogens with zero attached hydrogens (tertiary/aromatic N) is 3. The highest BCUT2D eigenvalue weighted by Gasteiger charge is 2.16. The Morgan fingerprint density at radius 2 is 1.83 bits per heavy atom. The maximum Gasteiger partial charge on any atom is 0.123 e. The predicted octanol–water partition coefficient (Wildman–Crippen LogP) is 3.59. The van der Waals surface area contributed by atoms with Crippen molar-refractivity contribution in [2.75, 3.05) is 26.2 Å². The SMILES string of the molecule is Cc1ccc(CN2CCN(N=Cc3cccc(F)c3)CC2)c(C)c1.